The average molecular weight is 365 g/mol. The zero-order valence-electron chi connectivity index (χ0n) is 15.7. The fraction of sp³-hybridized carbons (Fsp3) is 0.600. The van der Waals surface area contributed by atoms with E-state index in [0.717, 1.165) is 0 Å². The zero-order chi connectivity index (χ0) is 17.1. The lowest BCUT2D eigenvalue weighted by molar-refractivity contribution is 0.668. The molecule has 0 saturated carbocycles. The van der Waals surface area contributed by atoms with Gasteiger partial charge >= 0.3 is 0 Å². The highest BCUT2D eigenvalue weighted by Gasteiger charge is 2.38. The Kier molecular flexibility index (Phi) is 6.32. The lowest BCUT2D eigenvalue weighted by atomic mass is 10.1. The SMILES string of the molecule is CCCCCCc1ccsc1-c1ccc([Si](C)(C)C(C)(C)C)s1. The Morgan fingerprint density at radius 2 is 1.74 bits per heavy atom. The van der Waals surface area contributed by atoms with E-state index in [1.54, 1.807) is 10.1 Å². The van der Waals surface area contributed by atoms with E-state index in [9.17, 15) is 0 Å². The van der Waals surface area contributed by atoms with Gasteiger partial charge in [-0.25, -0.2) is 0 Å². The van der Waals surface area contributed by atoms with Crippen LogP contribution in [0.4, 0.5) is 0 Å². The maximum absolute atomic E-state index is 2.52. The lowest BCUT2D eigenvalue weighted by Crippen LogP contribution is -2.47. The molecule has 0 saturated heterocycles. The second kappa shape index (κ2) is 7.67. The van der Waals surface area contributed by atoms with Crippen molar-refractivity contribution in [3.63, 3.8) is 0 Å². The van der Waals surface area contributed by atoms with Gasteiger partial charge in [0.05, 0.1) is 8.07 Å². The second-order valence-electron chi connectivity index (χ2n) is 8.12. The van der Waals surface area contributed by atoms with Crippen molar-refractivity contribution < 1.29 is 0 Å². The molecular formula is C20H32S2Si. The summed E-state index contributed by atoms with van der Waals surface area (Å²) in [6.45, 7) is 14.5. The van der Waals surface area contributed by atoms with E-state index in [2.05, 4.69) is 75.7 Å². The first-order chi connectivity index (χ1) is 10.8. The molecule has 128 valence electrons. The average Bonchev–Trinajstić information content (AvgIpc) is 3.11. The van der Waals surface area contributed by atoms with Crippen LogP contribution in [-0.4, -0.2) is 8.07 Å². The Balaban J connectivity index is 2.17. The predicted molar refractivity (Wildman–Crippen MR) is 112 cm³/mol. The molecule has 0 aliphatic heterocycles. The normalized spacial score (nSPS) is 12.8. The molecule has 2 rings (SSSR count). The van der Waals surface area contributed by atoms with Crippen LogP contribution in [0.15, 0.2) is 23.6 Å². The molecule has 2 heterocycles. The Morgan fingerprint density at radius 3 is 2.39 bits per heavy atom. The minimum absolute atomic E-state index is 0.410. The van der Waals surface area contributed by atoms with Crippen LogP contribution in [0.1, 0.15) is 58.9 Å². The number of unbranched alkanes of at least 4 members (excludes halogenated alkanes) is 3. The molecule has 0 N–H and O–H groups in total. The number of hydrogen-bond donors (Lipinski definition) is 0. The molecule has 0 amide bonds. The van der Waals surface area contributed by atoms with Gasteiger partial charge in [-0.2, -0.15) is 0 Å². The van der Waals surface area contributed by atoms with Gasteiger partial charge in [-0.05, 0) is 45.5 Å². The number of rotatable bonds is 7. The minimum Gasteiger partial charge on any atom is -0.144 e. The highest BCUT2D eigenvalue weighted by molar-refractivity contribution is 7.31. The van der Waals surface area contributed by atoms with Crippen LogP contribution in [0.3, 0.4) is 0 Å². The van der Waals surface area contributed by atoms with Gasteiger partial charge in [0.1, 0.15) is 0 Å². The van der Waals surface area contributed by atoms with E-state index < -0.39 is 8.07 Å². The van der Waals surface area contributed by atoms with E-state index in [1.165, 1.54) is 41.9 Å². The second-order valence-corrected chi connectivity index (χ2v) is 15.8. The zero-order valence-corrected chi connectivity index (χ0v) is 18.3. The lowest BCUT2D eigenvalue weighted by Gasteiger charge is -2.35. The molecule has 0 nitrogen and oxygen atoms in total. The van der Waals surface area contributed by atoms with E-state index in [4.69, 9.17) is 0 Å². The molecule has 0 aromatic carbocycles. The van der Waals surface area contributed by atoms with Gasteiger partial charge in [-0.1, -0.05) is 66.1 Å². The van der Waals surface area contributed by atoms with Crippen molar-refractivity contribution in [2.24, 2.45) is 0 Å². The molecular weight excluding hydrogens is 332 g/mol. The summed E-state index contributed by atoms with van der Waals surface area (Å²) in [5, 5.41) is 2.68. The van der Waals surface area contributed by atoms with Crippen molar-refractivity contribution in [2.75, 3.05) is 0 Å². The molecule has 0 atom stereocenters. The van der Waals surface area contributed by atoms with Gasteiger partial charge in [-0.3, -0.25) is 0 Å². The van der Waals surface area contributed by atoms with E-state index in [0.29, 0.717) is 5.04 Å². The summed E-state index contributed by atoms with van der Waals surface area (Å²) < 4.78 is 1.64. The van der Waals surface area contributed by atoms with Crippen molar-refractivity contribution in [1.29, 1.82) is 0 Å². The van der Waals surface area contributed by atoms with Crippen LogP contribution >= 0.6 is 22.7 Å². The highest BCUT2D eigenvalue weighted by atomic mass is 32.1. The molecule has 0 radical (unpaired) electrons. The molecule has 0 unspecified atom stereocenters. The summed E-state index contributed by atoms with van der Waals surface area (Å²) in [6.07, 6.45) is 6.63. The smallest absolute Gasteiger partial charge is 0.0987 e. The first kappa shape index (κ1) is 18.9. The van der Waals surface area contributed by atoms with E-state index in [1.807, 2.05) is 11.3 Å². The Labute approximate surface area is 152 Å². The first-order valence-electron chi connectivity index (χ1n) is 8.94. The van der Waals surface area contributed by atoms with Gasteiger partial charge in [-0.15, -0.1) is 22.7 Å². The van der Waals surface area contributed by atoms with Gasteiger partial charge in [0, 0.05) is 9.75 Å². The van der Waals surface area contributed by atoms with Crippen molar-refractivity contribution in [1.82, 2.24) is 0 Å². The molecule has 23 heavy (non-hydrogen) atoms. The third-order valence-electron chi connectivity index (χ3n) is 5.37. The monoisotopic (exact) mass is 364 g/mol. The van der Waals surface area contributed by atoms with Crippen LogP contribution in [0.5, 0.6) is 0 Å². The molecule has 2 aromatic rings. The largest absolute Gasteiger partial charge is 0.144 e. The molecule has 0 fully saturated rings. The summed E-state index contributed by atoms with van der Waals surface area (Å²) in [5.41, 5.74) is 1.56. The summed E-state index contributed by atoms with van der Waals surface area (Å²) >= 11 is 3.98. The van der Waals surface area contributed by atoms with Crippen LogP contribution < -0.4 is 4.50 Å². The number of hydrogen-bond acceptors (Lipinski definition) is 2. The van der Waals surface area contributed by atoms with E-state index in [-0.39, 0.29) is 0 Å². The Bertz CT molecular complexity index is 614. The quantitative estimate of drug-likeness (QED) is 0.357. The van der Waals surface area contributed by atoms with Crippen molar-refractivity contribution in [2.45, 2.75) is 77.9 Å². The molecule has 0 aliphatic rings. The fourth-order valence-electron chi connectivity index (χ4n) is 2.66. The highest BCUT2D eigenvalue weighted by Crippen LogP contribution is 2.39. The topological polar surface area (TPSA) is 0 Å². The molecule has 2 aromatic heterocycles. The Hall–Kier alpha value is -0.383. The summed E-state index contributed by atoms with van der Waals surface area (Å²) in [6, 6.07) is 7.14. The van der Waals surface area contributed by atoms with Gasteiger partial charge in [0.25, 0.3) is 0 Å². The number of aryl methyl sites for hydroxylation is 1. The van der Waals surface area contributed by atoms with E-state index >= 15 is 0 Å². The van der Waals surface area contributed by atoms with Crippen LogP contribution in [0.25, 0.3) is 9.75 Å². The van der Waals surface area contributed by atoms with Crippen LogP contribution in [0, 0.1) is 0 Å². The van der Waals surface area contributed by atoms with Crippen molar-refractivity contribution >= 4 is 35.2 Å². The van der Waals surface area contributed by atoms with Crippen molar-refractivity contribution in [3.05, 3.63) is 29.1 Å². The standard InChI is InChI=1S/C20H32S2Si/c1-7-8-9-10-11-16-14-15-21-19(16)17-12-13-18(22-17)23(5,6)20(2,3)4/h12-15H,7-11H2,1-6H3. The first-order valence-corrected chi connectivity index (χ1v) is 13.6. The summed E-state index contributed by atoms with van der Waals surface area (Å²) in [7, 11) is -1.40. The molecule has 3 heteroatoms. The third-order valence-corrected chi connectivity index (χ3v) is 14.4. The Morgan fingerprint density at radius 1 is 1.00 bits per heavy atom. The fourth-order valence-corrected chi connectivity index (χ4v) is 8.04. The summed E-state index contributed by atoms with van der Waals surface area (Å²) in [5.74, 6) is 0. The van der Waals surface area contributed by atoms with Gasteiger partial charge in [0.2, 0.25) is 0 Å². The predicted octanol–water partition coefficient (Wildman–Crippen LogP) is 7.31. The molecule has 0 aliphatic carbocycles. The third kappa shape index (κ3) is 4.37. The summed E-state index contributed by atoms with van der Waals surface area (Å²) in [4.78, 5) is 3.02. The van der Waals surface area contributed by atoms with Crippen LogP contribution in [-0.2, 0) is 6.42 Å². The van der Waals surface area contributed by atoms with Crippen molar-refractivity contribution in [3.8, 4) is 9.75 Å². The molecule has 0 bridgehead atoms. The maximum atomic E-state index is 2.52. The van der Waals surface area contributed by atoms with Gasteiger partial charge in [0.15, 0.2) is 0 Å². The maximum Gasteiger partial charge on any atom is 0.0987 e. The van der Waals surface area contributed by atoms with Crippen LogP contribution in [0.2, 0.25) is 18.1 Å². The number of thiophene rings is 2. The molecule has 0 spiro atoms. The minimum atomic E-state index is -1.40. The van der Waals surface area contributed by atoms with Gasteiger partial charge < -0.3 is 0 Å².